The average molecular weight is 286 g/mol. The van der Waals surface area contributed by atoms with Crippen molar-refractivity contribution in [2.45, 2.75) is 17.1 Å². The van der Waals surface area contributed by atoms with E-state index in [-0.39, 0.29) is 6.42 Å². The third-order valence-electron chi connectivity index (χ3n) is 2.87. The molecular formula is C16H14O3S. The van der Waals surface area contributed by atoms with E-state index in [1.807, 2.05) is 36.4 Å². The zero-order chi connectivity index (χ0) is 14.4. The number of carbonyl (C=O) groups excluding carboxylic acids is 1. The first-order valence-corrected chi connectivity index (χ1v) is 7.14. The molecule has 4 heteroatoms. The lowest BCUT2D eigenvalue weighted by Crippen LogP contribution is -2.02. The first-order chi connectivity index (χ1) is 9.69. The summed E-state index contributed by atoms with van der Waals surface area (Å²) >= 11 is 1.63. The van der Waals surface area contributed by atoms with Crippen LogP contribution in [0.25, 0.3) is 0 Å². The van der Waals surface area contributed by atoms with Gasteiger partial charge in [0.1, 0.15) is 6.29 Å². The molecule has 0 heterocycles. The normalized spacial score (nSPS) is 10.2. The fourth-order valence-corrected chi connectivity index (χ4v) is 2.77. The predicted octanol–water partition coefficient (Wildman–Crippen LogP) is 3.42. The zero-order valence-corrected chi connectivity index (χ0v) is 11.6. The molecule has 0 aromatic heterocycles. The molecule has 0 aliphatic carbocycles. The average Bonchev–Trinajstić information content (AvgIpc) is 2.46. The van der Waals surface area contributed by atoms with E-state index in [4.69, 9.17) is 5.11 Å². The van der Waals surface area contributed by atoms with Crippen LogP contribution in [0.15, 0.2) is 53.4 Å². The zero-order valence-electron chi connectivity index (χ0n) is 10.8. The highest BCUT2D eigenvalue weighted by molar-refractivity contribution is 7.98. The number of carboxylic acids is 1. The van der Waals surface area contributed by atoms with Gasteiger partial charge in [0, 0.05) is 16.2 Å². The molecule has 2 aromatic carbocycles. The van der Waals surface area contributed by atoms with Crippen LogP contribution in [0.2, 0.25) is 0 Å². The third kappa shape index (κ3) is 3.96. The van der Waals surface area contributed by atoms with Gasteiger partial charge < -0.3 is 5.11 Å². The van der Waals surface area contributed by atoms with Crippen molar-refractivity contribution in [2.75, 3.05) is 0 Å². The molecule has 0 aliphatic rings. The van der Waals surface area contributed by atoms with E-state index in [9.17, 15) is 9.59 Å². The Morgan fingerprint density at radius 1 is 1.05 bits per heavy atom. The van der Waals surface area contributed by atoms with Crippen LogP contribution in [-0.2, 0) is 17.0 Å². The fraction of sp³-hybridized carbons (Fsp3) is 0.125. The summed E-state index contributed by atoms with van der Waals surface area (Å²) in [6.45, 7) is 0. The van der Waals surface area contributed by atoms with Crippen LogP contribution in [0.1, 0.15) is 21.5 Å². The van der Waals surface area contributed by atoms with Crippen LogP contribution >= 0.6 is 11.8 Å². The minimum atomic E-state index is -0.821. The van der Waals surface area contributed by atoms with Crippen LogP contribution in [0.3, 0.4) is 0 Å². The van der Waals surface area contributed by atoms with Gasteiger partial charge in [-0.2, -0.15) is 0 Å². The molecule has 20 heavy (non-hydrogen) atoms. The molecule has 0 spiro atoms. The lowest BCUT2D eigenvalue weighted by molar-refractivity contribution is -0.136. The van der Waals surface area contributed by atoms with Crippen LogP contribution in [0.5, 0.6) is 0 Å². The molecule has 0 bridgehead atoms. The van der Waals surface area contributed by atoms with E-state index < -0.39 is 5.97 Å². The number of carbonyl (C=O) groups is 2. The maximum atomic E-state index is 10.8. The molecule has 2 rings (SSSR count). The van der Waals surface area contributed by atoms with Crippen LogP contribution in [0.4, 0.5) is 0 Å². The monoisotopic (exact) mass is 286 g/mol. The highest BCUT2D eigenvalue weighted by Crippen LogP contribution is 2.24. The van der Waals surface area contributed by atoms with Gasteiger partial charge >= 0.3 is 5.97 Å². The Morgan fingerprint density at radius 3 is 2.30 bits per heavy atom. The Labute approximate surface area is 121 Å². The molecule has 102 valence electrons. The minimum Gasteiger partial charge on any atom is -0.481 e. The molecule has 0 aliphatic heterocycles. The second kappa shape index (κ2) is 6.91. The molecule has 0 unspecified atom stereocenters. The second-order valence-corrected chi connectivity index (χ2v) is 5.36. The summed E-state index contributed by atoms with van der Waals surface area (Å²) in [6.07, 6.45) is 0.859. The molecule has 0 amide bonds. The summed E-state index contributed by atoms with van der Waals surface area (Å²) in [4.78, 5) is 22.5. The number of hydrogen-bond acceptors (Lipinski definition) is 3. The van der Waals surface area contributed by atoms with E-state index >= 15 is 0 Å². The van der Waals surface area contributed by atoms with E-state index in [0.717, 1.165) is 22.3 Å². The Kier molecular flexibility index (Phi) is 4.96. The Balaban J connectivity index is 2.06. The van der Waals surface area contributed by atoms with Gasteiger partial charge in [0.25, 0.3) is 0 Å². The number of benzene rings is 2. The van der Waals surface area contributed by atoms with Crippen molar-refractivity contribution in [3.63, 3.8) is 0 Å². The quantitative estimate of drug-likeness (QED) is 0.653. The van der Waals surface area contributed by atoms with E-state index in [2.05, 4.69) is 0 Å². The third-order valence-corrected chi connectivity index (χ3v) is 3.93. The number of hydrogen-bond donors (Lipinski definition) is 1. The van der Waals surface area contributed by atoms with Gasteiger partial charge in [-0.3, -0.25) is 9.59 Å². The number of thioether (sulfide) groups is 1. The fourth-order valence-electron chi connectivity index (χ4n) is 1.84. The number of carboxylic acid groups (broad SMARTS) is 1. The SMILES string of the molecule is O=Cc1ccc(SCc2ccccc2CC(=O)O)cc1. The highest BCUT2D eigenvalue weighted by atomic mass is 32.2. The van der Waals surface area contributed by atoms with Crippen LogP contribution < -0.4 is 0 Å². The highest BCUT2D eigenvalue weighted by Gasteiger charge is 2.06. The molecule has 0 atom stereocenters. The summed E-state index contributed by atoms with van der Waals surface area (Å²) in [5.41, 5.74) is 2.53. The van der Waals surface area contributed by atoms with Crippen molar-refractivity contribution in [3.05, 3.63) is 65.2 Å². The lowest BCUT2D eigenvalue weighted by Gasteiger charge is -2.07. The summed E-state index contributed by atoms with van der Waals surface area (Å²) < 4.78 is 0. The van der Waals surface area contributed by atoms with Gasteiger partial charge in [-0.25, -0.2) is 0 Å². The van der Waals surface area contributed by atoms with E-state index in [1.54, 1.807) is 23.9 Å². The van der Waals surface area contributed by atoms with Gasteiger partial charge in [-0.1, -0.05) is 36.4 Å². The maximum absolute atomic E-state index is 10.8. The Morgan fingerprint density at radius 2 is 1.70 bits per heavy atom. The number of aldehydes is 1. The van der Waals surface area contributed by atoms with E-state index in [1.165, 1.54) is 0 Å². The lowest BCUT2D eigenvalue weighted by atomic mass is 10.1. The minimum absolute atomic E-state index is 0.0425. The van der Waals surface area contributed by atoms with Crippen molar-refractivity contribution in [3.8, 4) is 0 Å². The Bertz CT molecular complexity index is 605. The van der Waals surface area contributed by atoms with Crippen molar-refractivity contribution >= 4 is 24.0 Å². The van der Waals surface area contributed by atoms with Gasteiger partial charge in [0.2, 0.25) is 0 Å². The van der Waals surface area contributed by atoms with Crippen molar-refractivity contribution < 1.29 is 14.7 Å². The van der Waals surface area contributed by atoms with Gasteiger partial charge in [0.05, 0.1) is 6.42 Å². The van der Waals surface area contributed by atoms with Gasteiger partial charge in [-0.15, -0.1) is 11.8 Å². The smallest absolute Gasteiger partial charge is 0.307 e. The van der Waals surface area contributed by atoms with Crippen molar-refractivity contribution in [2.24, 2.45) is 0 Å². The second-order valence-electron chi connectivity index (χ2n) is 4.31. The van der Waals surface area contributed by atoms with Crippen LogP contribution in [0, 0.1) is 0 Å². The first kappa shape index (κ1) is 14.3. The molecule has 0 saturated heterocycles. The summed E-state index contributed by atoms with van der Waals surface area (Å²) in [5, 5.41) is 8.89. The van der Waals surface area contributed by atoms with Crippen molar-refractivity contribution in [1.82, 2.24) is 0 Å². The number of aliphatic carboxylic acids is 1. The molecule has 2 aromatic rings. The molecular weight excluding hydrogens is 272 g/mol. The molecule has 1 N–H and O–H groups in total. The van der Waals surface area contributed by atoms with Crippen molar-refractivity contribution in [1.29, 1.82) is 0 Å². The molecule has 0 saturated carbocycles. The maximum Gasteiger partial charge on any atom is 0.307 e. The molecule has 3 nitrogen and oxygen atoms in total. The molecule has 0 fully saturated rings. The largest absolute Gasteiger partial charge is 0.481 e. The summed E-state index contributed by atoms with van der Waals surface area (Å²) in [5.74, 6) is -0.109. The Hall–Kier alpha value is -2.07. The predicted molar refractivity (Wildman–Crippen MR) is 79.2 cm³/mol. The topological polar surface area (TPSA) is 54.4 Å². The standard InChI is InChI=1S/C16H14O3S/c17-10-12-5-7-15(8-6-12)20-11-14-4-2-1-3-13(14)9-16(18)19/h1-8,10H,9,11H2,(H,18,19). The van der Waals surface area contributed by atoms with Crippen LogP contribution in [-0.4, -0.2) is 17.4 Å². The van der Waals surface area contributed by atoms with E-state index in [0.29, 0.717) is 11.3 Å². The first-order valence-electron chi connectivity index (χ1n) is 6.15. The summed E-state index contributed by atoms with van der Waals surface area (Å²) in [7, 11) is 0. The van der Waals surface area contributed by atoms with Gasteiger partial charge in [-0.05, 0) is 23.3 Å². The summed E-state index contributed by atoms with van der Waals surface area (Å²) in [6, 6.07) is 14.9. The molecule has 0 radical (unpaired) electrons. The number of rotatable bonds is 6. The van der Waals surface area contributed by atoms with Gasteiger partial charge in [0.15, 0.2) is 0 Å².